The van der Waals surface area contributed by atoms with Gasteiger partial charge < -0.3 is 4.57 Å². The fraction of sp³-hybridized carbons (Fsp3) is 0.417. The van der Waals surface area contributed by atoms with Crippen LogP contribution in [0, 0.1) is 5.92 Å². The van der Waals surface area contributed by atoms with Gasteiger partial charge in [0, 0.05) is 12.2 Å². The third-order valence-electron chi connectivity index (χ3n) is 2.15. The Bertz CT molecular complexity index is 323. The van der Waals surface area contributed by atoms with Gasteiger partial charge in [0.05, 0.1) is 5.69 Å². The quantitative estimate of drug-likeness (QED) is 0.518. The topological polar surface area (TPSA) is 22.0 Å². The van der Waals surface area contributed by atoms with Gasteiger partial charge in [-0.3, -0.25) is 4.79 Å². The van der Waals surface area contributed by atoms with E-state index in [0.29, 0.717) is 12.5 Å². The molecule has 0 bridgehead atoms. The maximum absolute atomic E-state index is 10.7. The summed E-state index contributed by atoms with van der Waals surface area (Å²) in [7, 11) is 0. The highest BCUT2D eigenvalue weighted by molar-refractivity contribution is 5.72. The SMILES string of the molecule is C=CCn1c(C=O)ccc1CC(C)C. The molecule has 0 atom stereocenters. The molecule has 0 aliphatic rings. The molecule has 0 radical (unpaired) electrons. The average molecular weight is 191 g/mol. The lowest BCUT2D eigenvalue weighted by atomic mass is 10.1. The normalized spacial score (nSPS) is 10.5. The molecular formula is C12H17NO. The number of nitrogens with zero attached hydrogens (tertiary/aromatic N) is 1. The number of aldehydes is 1. The first kappa shape index (κ1) is 10.8. The van der Waals surface area contributed by atoms with Crippen LogP contribution in [-0.2, 0) is 13.0 Å². The fourth-order valence-corrected chi connectivity index (χ4v) is 1.58. The summed E-state index contributed by atoms with van der Waals surface area (Å²) in [5, 5.41) is 0. The van der Waals surface area contributed by atoms with E-state index in [-0.39, 0.29) is 0 Å². The monoisotopic (exact) mass is 191 g/mol. The first-order valence-electron chi connectivity index (χ1n) is 4.93. The van der Waals surface area contributed by atoms with Crippen molar-refractivity contribution in [2.75, 3.05) is 0 Å². The molecule has 1 heterocycles. The van der Waals surface area contributed by atoms with E-state index in [2.05, 4.69) is 20.4 Å². The minimum atomic E-state index is 0.605. The van der Waals surface area contributed by atoms with Crippen molar-refractivity contribution in [3.05, 3.63) is 36.2 Å². The molecule has 0 aromatic carbocycles. The second kappa shape index (κ2) is 4.80. The molecule has 2 heteroatoms. The highest BCUT2D eigenvalue weighted by Gasteiger charge is 2.07. The molecular weight excluding hydrogens is 174 g/mol. The second-order valence-electron chi connectivity index (χ2n) is 3.86. The van der Waals surface area contributed by atoms with Gasteiger partial charge in [0.25, 0.3) is 0 Å². The van der Waals surface area contributed by atoms with Crippen molar-refractivity contribution < 1.29 is 4.79 Å². The van der Waals surface area contributed by atoms with E-state index in [1.54, 1.807) is 0 Å². The van der Waals surface area contributed by atoms with E-state index < -0.39 is 0 Å². The van der Waals surface area contributed by atoms with Gasteiger partial charge in [-0.05, 0) is 24.5 Å². The van der Waals surface area contributed by atoms with E-state index >= 15 is 0 Å². The minimum Gasteiger partial charge on any atom is -0.339 e. The summed E-state index contributed by atoms with van der Waals surface area (Å²) in [5.41, 5.74) is 1.95. The zero-order chi connectivity index (χ0) is 10.6. The lowest BCUT2D eigenvalue weighted by molar-refractivity contribution is 0.111. The number of hydrogen-bond acceptors (Lipinski definition) is 1. The summed E-state index contributed by atoms with van der Waals surface area (Å²) in [4.78, 5) is 10.7. The molecule has 2 nitrogen and oxygen atoms in total. The van der Waals surface area contributed by atoms with Gasteiger partial charge >= 0.3 is 0 Å². The van der Waals surface area contributed by atoms with Crippen molar-refractivity contribution in [3.8, 4) is 0 Å². The van der Waals surface area contributed by atoms with Crippen molar-refractivity contribution in [3.63, 3.8) is 0 Å². The predicted molar refractivity (Wildman–Crippen MR) is 58.6 cm³/mol. The van der Waals surface area contributed by atoms with Crippen molar-refractivity contribution in [1.29, 1.82) is 0 Å². The summed E-state index contributed by atoms with van der Waals surface area (Å²) in [6, 6.07) is 3.89. The number of hydrogen-bond donors (Lipinski definition) is 0. The van der Waals surface area contributed by atoms with Crippen LogP contribution in [0.3, 0.4) is 0 Å². The van der Waals surface area contributed by atoms with Crippen molar-refractivity contribution in [2.24, 2.45) is 5.92 Å². The number of rotatable bonds is 5. The van der Waals surface area contributed by atoms with Gasteiger partial charge in [-0.25, -0.2) is 0 Å². The Morgan fingerprint density at radius 1 is 1.50 bits per heavy atom. The van der Waals surface area contributed by atoms with Crippen LogP contribution in [0.2, 0.25) is 0 Å². The van der Waals surface area contributed by atoms with Crippen molar-refractivity contribution in [1.82, 2.24) is 4.57 Å². The maximum Gasteiger partial charge on any atom is 0.166 e. The Kier molecular flexibility index (Phi) is 3.69. The van der Waals surface area contributed by atoms with Gasteiger partial charge in [-0.1, -0.05) is 19.9 Å². The molecule has 0 fully saturated rings. The van der Waals surface area contributed by atoms with E-state index in [0.717, 1.165) is 18.4 Å². The number of allylic oxidation sites excluding steroid dienone is 1. The van der Waals surface area contributed by atoms with Crippen LogP contribution in [0.25, 0.3) is 0 Å². The first-order valence-corrected chi connectivity index (χ1v) is 4.93. The van der Waals surface area contributed by atoms with Gasteiger partial charge in [-0.2, -0.15) is 0 Å². The summed E-state index contributed by atoms with van der Waals surface area (Å²) < 4.78 is 2.01. The Balaban J connectivity index is 2.97. The summed E-state index contributed by atoms with van der Waals surface area (Å²) in [6.07, 6.45) is 3.71. The van der Waals surface area contributed by atoms with Crippen molar-refractivity contribution >= 4 is 6.29 Å². The van der Waals surface area contributed by atoms with E-state index in [9.17, 15) is 4.79 Å². The molecule has 1 rings (SSSR count). The van der Waals surface area contributed by atoms with E-state index in [1.165, 1.54) is 5.69 Å². The van der Waals surface area contributed by atoms with Gasteiger partial charge in [-0.15, -0.1) is 6.58 Å². The second-order valence-corrected chi connectivity index (χ2v) is 3.86. The van der Waals surface area contributed by atoms with Gasteiger partial charge in [0.2, 0.25) is 0 Å². The molecule has 0 unspecified atom stereocenters. The number of aromatic nitrogens is 1. The Labute approximate surface area is 85.2 Å². The van der Waals surface area contributed by atoms with Crippen LogP contribution in [-0.4, -0.2) is 10.9 Å². The first-order chi connectivity index (χ1) is 6.69. The largest absolute Gasteiger partial charge is 0.339 e. The predicted octanol–water partition coefficient (Wildman–Crippen LogP) is 2.69. The van der Waals surface area contributed by atoms with Gasteiger partial charge in [0.15, 0.2) is 6.29 Å². The molecule has 14 heavy (non-hydrogen) atoms. The van der Waals surface area contributed by atoms with E-state index in [4.69, 9.17) is 0 Å². The van der Waals surface area contributed by atoms with Crippen LogP contribution in [0.4, 0.5) is 0 Å². The van der Waals surface area contributed by atoms with E-state index in [1.807, 2.05) is 22.8 Å². The zero-order valence-corrected chi connectivity index (χ0v) is 8.86. The maximum atomic E-state index is 10.7. The molecule has 0 aliphatic carbocycles. The van der Waals surface area contributed by atoms with Crippen LogP contribution in [0.15, 0.2) is 24.8 Å². The molecule has 0 amide bonds. The molecule has 76 valence electrons. The lowest BCUT2D eigenvalue weighted by Crippen LogP contribution is -2.07. The minimum absolute atomic E-state index is 0.605. The summed E-state index contributed by atoms with van der Waals surface area (Å²) in [6.45, 7) is 8.75. The molecule has 0 saturated heterocycles. The van der Waals surface area contributed by atoms with Crippen LogP contribution in [0.5, 0.6) is 0 Å². The Hall–Kier alpha value is -1.31. The fourth-order valence-electron chi connectivity index (χ4n) is 1.58. The Morgan fingerprint density at radius 2 is 2.21 bits per heavy atom. The van der Waals surface area contributed by atoms with Crippen LogP contribution >= 0.6 is 0 Å². The molecule has 1 aromatic heterocycles. The highest BCUT2D eigenvalue weighted by atomic mass is 16.1. The molecule has 0 N–H and O–H groups in total. The van der Waals surface area contributed by atoms with Gasteiger partial charge in [0.1, 0.15) is 0 Å². The Morgan fingerprint density at radius 3 is 2.71 bits per heavy atom. The zero-order valence-electron chi connectivity index (χ0n) is 8.86. The number of carbonyl (C=O) groups is 1. The van der Waals surface area contributed by atoms with Crippen molar-refractivity contribution in [2.45, 2.75) is 26.8 Å². The third-order valence-corrected chi connectivity index (χ3v) is 2.15. The highest BCUT2D eigenvalue weighted by Crippen LogP contribution is 2.12. The number of carbonyl (C=O) groups excluding carboxylic acids is 1. The summed E-state index contributed by atoms with van der Waals surface area (Å²) >= 11 is 0. The smallest absolute Gasteiger partial charge is 0.166 e. The third kappa shape index (κ3) is 2.34. The molecule has 0 spiro atoms. The lowest BCUT2D eigenvalue weighted by Gasteiger charge is -2.10. The van der Waals surface area contributed by atoms with Crippen LogP contribution in [0.1, 0.15) is 30.0 Å². The van der Waals surface area contributed by atoms with Crippen LogP contribution < -0.4 is 0 Å². The average Bonchev–Trinajstić information content (AvgIpc) is 2.48. The molecule has 0 saturated carbocycles. The summed E-state index contributed by atoms with van der Waals surface area (Å²) in [5.74, 6) is 0.605. The molecule has 0 aliphatic heterocycles. The standard InChI is InChI=1S/C12H17NO/c1-4-7-13-11(8-10(2)3)5-6-12(13)9-14/h4-6,9-10H,1,7-8H2,2-3H3. The molecule has 1 aromatic rings.